The Kier molecular flexibility index (Phi) is 3.22. The van der Waals surface area contributed by atoms with E-state index in [0.29, 0.717) is 5.82 Å². The van der Waals surface area contributed by atoms with E-state index in [-0.39, 0.29) is 5.16 Å². The Morgan fingerprint density at radius 2 is 1.85 bits per heavy atom. The van der Waals surface area contributed by atoms with Crippen LogP contribution in [0, 0.1) is 6.92 Å². The van der Waals surface area contributed by atoms with Crippen LogP contribution in [0.5, 0.6) is 0 Å². The molecule has 0 saturated carbocycles. The number of aryl methyl sites for hydroxylation is 1. The van der Waals surface area contributed by atoms with Gasteiger partial charge in [0.05, 0.1) is 11.8 Å². The molecule has 2 N–H and O–H groups in total. The minimum atomic E-state index is -3.95. The fraction of sp³-hybridized carbons (Fsp3) is 0.545. The fourth-order valence-electron chi connectivity index (χ4n) is 1.95. The Morgan fingerprint density at radius 3 is 2.25 bits per heavy atom. The molecule has 0 saturated heterocycles. The molecule has 2 aromatic rings. The Labute approximate surface area is 117 Å². The predicted octanol–water partition coefficient (Wildman–Crippen LogP) is 0.389. The van der Waals surface area contributed by atoms with Gasteiger partial charge in [-0.15, -0.1) is 10.2 Å². The highest BCUT2D eigenvalue weighted by Crippen LogP contribution is 2.29. The Balaban J connectivity index is 2.80. The van der Waals surface area contributed by atoms with Gasteiger partial charge < -0.3 is 0 Å². The Hall–Kier alpha value is -1.74. The first kappa shape index (κ1) is 14.7. The summed E-state index contributed by atoms with van der Waals surface area (Å²) in [5.74, 6) is 0.437. The average molecular weight is 298 g/mol. The molecule has 0 spiro atoms. The van der Waals surface area contributed by atoms with Gasteiger partial charge in [-0.1, -0.05) is 0 Å². The molecule has 9 heteroatoms. The van der Waals surface area contributed by atoms with E-state index >= 15 is 0 Å². The van der Waals surface area contributed by atoms with Crippen LogP contribution >= 0.6 is 0 Å². The van der Waals surface area contributed by atoms with Crippen LogP contribution in [0.1, 0.15) is 26.5 Å². The van der Waals surface area contributed by atoms with Crippen LogP contribution in [-0.2, 0) is 22.6 Å². The molecule has 20 heavy (non-hydrogen) atoms. The van der Waals surface area contributed by atoms with Gasteiger partial charge in [-0.25, -0.2) is 13.6 Å². The molecule has 0 fully saturated rings. The maximum absolute atomic E-state index is 11.7. The summed E-state index contributed by atoms with van der Waals surface area (Å²) in [6.45, 7) is 7.46. The van der Waals surface area contributed by atoms with Crippen molar-refractivity contribution in [2.45, 2.75) is 38.4 Å². The first-order chi connectivity index (χ1) is 9.03. The number of hydrogen-bond donors (Lipinski definition) is 1. The van der Waals surface area contributed by atoms with Crippen LogP contribution in [0.2, 0.25) is 0 Å². The van der Waals surface area contributed by atoms with Crippen molar-refractivity contribution in [1.82, 2.24) is 24.5 Å². The van der Waals surface area contributed by atoms with Gasteiger partial charge in [0.25, 0.3) is 15.2 Å². The van der Waals surface area contributed by atoms with Crippen molar-refractivity contribution in [2.75, 3.05) is 0 Å². The van der Waals surface area contributed by atoms with Crippen LogP contribution in [0.25, 0.3) is 11.4 Å². The first-order valence-corrected chi connectivity index (χ1v) is 7.56. The highest BCUT2D eigenvalue weighted by molar-refractivity contribution is 7.89. The number of rotatable bonds is 2. The second kappa shape index (κ2) is 4.38. The predicted molar refractivity (Wildman–Crippen MR) is 73.3 cm³/mol. The summed E-state index contributed by atoms with van der Waals surface area (Å²) in [7, 11) is -2.14. The zero-order chi connectivity index (χ0) is 15.3. The molecule has 0 aromatic carbocycles. The molecule has 110 valence electrons. The molecule has 0 atom stereocenters. The van der Waals surface area contributed by atoms with Gasteiger partial charge in [-0.3, -0.25) is 9.25 Å². The topological polar surface area (TPSA) is 109 Å². The van der Waals surface area contributed by atoms with E-state index in [1.165, 1.54) is 4.57 Å². The van der Waals surface area contributed by atoms with E-state index in [0.717, 1.165) is 11.3 Å². The largest absolute Gasteiger partial charge is 0.291 e. The summed E-state index contributed by atoms with van der Waals surface area (Å²) in [5, 5.41) is 16.8. The standard InChI is InChI=1S/C11H18N6O2S/c1-7-8(6-13-16(7)5)9-14-15-10(20(12,18)19)17(9)11(2,3)4/h6H,1-5H3,(H2,12,18,19). The van der Waals surface area contributed by atoms with Crippen molar-refractivity contribution in [3.63, 3.8) is 0 Å². The zero-order valence-corrected chi connectivity index (χ0v) is 12.9. The number of aromatic nitrogens is 5. The van der Waals surface area contributed by atoms with Gasteiger partial charge in [0.1, 0.15) is 0 Å². The summed E-state index contributed by atoms with van der Waals surface area (Å²) >= 11 is 0. The van der Waals surface area contributed by atoms with Crippen LogP contribution < -0.4 is 5.14 Å². The maximum atomic E-state index is 11.7. The fourth-order valence-corrected chi connectivity index (χ4v) is 2.72. The second-order valence-electron chi connectivity index (χ2n) is 5.62. The lowest BCUT2D eigenvalue weighted by atomic mass is 10.1. The van der Waals surface area contributed by atoms with Crippen LogP contribution in [0.4, 0.5) is 0 Å². The van der Waals surface area contributed by atoms with Crippen molar-refractivity contribution in [3.8, 4) is 11.4 Å². The molecule has 0 aliphatic rings. The SMILES string of the molecule is Cc1c(-c2nnc(S(N)(=O)=O)n2C(C)(C)C)cnn1C. The highest BCUT2D eigenvalue weighted by atomic mass is 32.2. The summed E-state index contributed by atoms with van der Waals surface area (Å²) in [6.07, 6.45) is 1.63. The highest BCUT2D eigenvalue weighted by Gasteiger charge is 2.30. The second-order valence-corrected chi connectivity index (χ2v) is 7.08. The molecule has 2 heterocycles. The number of nitrogens with zero attached hydrogens (tertiary/aromatic N) is 5. The lowest BCUT2D eigenvalue weighted by molar-refractivity contribution is 0.366. The third-order valence-electron chi connectivity index (χ3n) is 3.03. The average Bonchev–Trinajstić information content (AvgIpc) is 2.83. The summed E-state index contributed by atoms with van der Waals surface area (Å²) in [5.41, 5.74) is 1.05. The smallest absolute Gasteiger partial charge is 0.273 e. The lowest BCUT2D eigenvalue weighted by Crippen LogP contribution is -2.29. The molecule has 8 nitrogen and oxygen atoms in total. The number of sulfonamides is 1. The van der Waals surface area contributed by atoms with Gasteiger partial charge in [0.15, 0.2) is 5.82 Å². The third kappa shape index (κ3) is 2.34. The molecule has 0 bridgehead atoms. The molecule has 0 radical (unpaired) electrons. The molecule has 0 aliphatic heterocycles. The first-order valence-electron chi connectivity index (χ1n) is 6.01. The van der Waals surface area contributed by atoms with Crippen molar-refractivity contribution < 1.29 is 8.42 Å². The van der Waals surface area contributed by atoms with Gasteiger partial charge >= 0.3 is 0 Å². The molecule has 2 aromatic heterocycles. The van der Waals surface area contributed by atoms with E-state index in [1.54, 1.807) is 17.9 Å². The molecule has 0 unspecified atom stereocenters. The van der Waals surface area contributed by atoms with Crippen LogP contribution in [0.15, 0.2) is 11.4 Å². The van der Waals surface area contributed by atoms with E-state index in [9.17, 15) is 8.42 Å². The minimum absolute atomic E-state index is 0.247. The van der Waals surface area contributed by atoms with Gasteiger partial charge in [0, 0.05) is 18.3 Å². The summed E-state index contributed by atoms with van der Waals surface area (Å²) in [4.78, 5) is 0. The number of nitrogens with two attached hydrogens (primary N) is 1. The maximum Gasteiger partial charge on any atom is 0.273 e. The monoisotopic (exact) mass is 298 g/mol. The Morgan fingerprint density at radius 1 is 1.25 bits per heavy atom. The molecular weight excluding hydrogens is 280 g/mol. The van der Waals surface area contributed by atoms with Crippen molar-refractivity contribution >= 4 is 10.0 Å². The quantitative estimate of drug-likeness (QED) is 0.862. The van der Waals surface area contributed by atoms with E-state index in [4.69, 9.17) is 5.14 Å². The third-order valence-corrected chi connectivity index (χ3v) is 3.81. The van der Waals surface area contributed by atoms with E-state index in [2.05, 4.69) is 15.3 Å². The zero-order valence-electron chi connectivity index (χ0n) is 12.1. The number of primary sulfonamides is 1. The summed E-state index contributed by atoms with van der Waals surface area (Å²) < 4.78 is 26.5. The molecular formula is C11H18N6O2S. The minimum Gasteiger partial charge on any atom is -0.291 e. The molecule has 0 amide bonds. The van der Waals surface area contributed by atoms with Gasteiger partial charge in [-0.2, -0.15) is 5.10 Å². The van der Waals surface area contributed by atoms with Crippen LogP contribution in [0.3, 0.4) is 0 Å². The van der Waals surface area contributed by atoms with E-state index in [1.807, 2.05) is 27.7 Å². The molecule has 0 aliphatic carbocycles. The molecule has 2 rings (SSSR count). The number of hydrogen-bond acceptors (Lipinski definition) is 5. The lowest BCUT2D eigenvalue weighted by Gasteiger charge is -2.24. The van der Waals surface area contributed by atoms with Gasteiger partial charge in [-0.05, 0) is 27.7 Å². The normalized spacial score (nSPS) is 12.9. The summed E-state index contributed by atoms with van der Waals surface area (Å²) in [6, 6.07) is 0. The van der Waals surface area contributed by atoms with Gasteiger partial charge in [0.2, 0.25) is 0 Å². The van der Waals surface area contributed by atoms with E-state index < -0.39 is 15.6 Å². The van der Waals surface area contributed by atoms with Crippen molar-refractivity contribution in [3.05, 3.63) is 11.9 Å². The van der Waals surface area contributed by atoms with Crippen molar-refractivity contribution in [2.24, 2.45) is 12.2 Å². The Bertz CT molecular complexity index is 750. The van der Waals surface area contributed by atoms with Crippen LogP contribution in [-0.4, -0.2) is 33.0 Å². The van der Waals surface area contributed by atoms with Crippen molar-refractivity contribution in [1.29, 1.82) is 0 Å².